The smallest absolute Gasteiger partial charge is 0.335 e. The number of aromatic nitrogens is 2. The van der Waals surface area contributed by atoms with Gasteiger partial charge >= 0.3 is 5.97 Å². The molecule has 2 heterocycles. The molecule has 94 valence electrons. The molecule has 0 fully saturated rings. The summed E-state index contributed by atoms with van der Waals surface area (Å²) < 4.78 is 14.8. The SMILES string of the molecule is O=C(O)c1cccc(-c2cn3ccc(F)cc3n2)c1. The van der Waals surface area contributed by atoms with Gasteiger partial charge in [-0.2, -0.15) is 0 Å². The van der Waals surface area contributed by atoms with Crippen LogP contribution in [0.5, 0.6) is 0 Å². The highest BCUT2D eigenvalue weighted by Crippen LogP contribution is 2.20. The van der Waals surface area contributed by atoms with E-state index >= 15 is 0 Å². The highest BCUT2D eigenvalue weighted by molar-refractivity contribution is 5.89. The van der Waals surface area contributed by atoms with E-state index < -0.39 is 5.97 Å². The van der Waals surface area contributed by atoms with Crippen LogP contribution in [0.4, 0.5) is 4.39 Å². The minimum absolute atomic E-state index is 0.195. The molecule has 3 rings (SSSR count). The first kappa shape index (κ1) is 11.4. The molecule has 3 aromatic rings. The van der Waals surface area contributed by atoms with E-state index in [4.69, 9.17) is 5.11 Å². The van der Waals surface area contributed by atoms with E-state index in [1.807, 2.05) is 0 Å². The van der Waals surface area contributed by atoms with Gasteiger partial charge in [-0.1, -0.05) is 12.1 Å². The van der Waals surface area contributed by atoms with Crippen LogP contribution in [-0.4, -0.2) is 20.5 Å². The lowest BCUT2D eigenvalue weighted by Crippen LogP contribution is -1.95. The molecule has 19 heavy (non-hydrogen) atoms. The summed E-state index contributed by atoms with van der Waals surface area (Å²) in [6.07, 6.45) is 3.30. The number of rotatable bonds is 2. The van der Waals surface area contributed by atoms with Gasteiger partial charge in [-0.25, -0.2) is 14.2 Å². The normalized spacial score (nSPS) is 10.8. The average Bonchev–Trinajstić information content (AvgIpc) is 2.81. The van der Waals surface area contributed by atoms with Gasteiger partial charge in [0.05, 0.1) is 11.3 Å². The van der Waals surface area contributed by atoms with Crippen molar-refractivity contribution in [1.29, 1.82) is 0 Å². The molecule has 0 aliphatic rings. The van der Waals surface area contributed by atoms with E-state index in [9.17, 15) is 9.18 Å². The second kappa shape index (κ2) is 4.20. The molecular weight excluding hydrogens is 247 g/mol. The second-order valence-corrected chi connectivity index (χ2v) is 4.12. The van der Waals surface area contributed by atoms with Crippen molar-refractivity contribution in [3.8, 4) is 11.3 Å². The summed E-state index contributed by atoms with van der Waals surface area (Å²) in [6, 6.07) is 9.15. The summed E-state index contributed by atoms with van der Waals surface area (Å²) in [5, 5.41) is 8.96. The number of imidazole rings is 1. The molecule has 0 unspecified atom stereocenters. The monoisotopic (exact) mass is 256 g/mol. The van der Waals surface area contributed by atoms with Crippen LogP contribution in [0.1, 0.15) is 10.4 Å². The van der Waals surface area contributed by atoms with E-state index in [2.05, 4.69) is 4.98 Å². The predicted molar refractivity (Wildman–Crippen MR) is 67.5 cm³/mol. The van der Waals surface area contributed by atoms with Crippen LogP contribution in [0.2, 0.25) is 0 Å². The number of nitrogens with zero attached hydrogens (tertiary/aromatic N) is 2. The summed E-state index contributed by atoms with van der Waals surface area (Å²) in [7, 11) is 0. The number of hydrogen-bond donors (Lipinski definition) is 1. The minimum Gasteiger partial charge on any atom is -0.478 e. The molecule has 0 aliphatic heterocycles. The molecule has 0 radical (unpaired) electrons. The third-order valence-corrected chi connectivity index (χ3v) is 2.83. The fraction of sp³-hybridized carbons (Fsp3) is 0. The van der Waals surface area contributed by atoms with Crippen molar-refractivity contribution in [2.45, 2.75) is 0 Å². The van der Waals surface area contributed by atoms with Crippen LogP contribution in [0.15, 0.2) is 48.8 Å². The van der Waals surface area contributed by atoms with E-state index in [0.29, 0.717) is 16.9 Å². The maximum absolute atomic E-state index is 13.1. The van der Waals surface area contributed by atoms with Crippen molar-refractivity contribution in [1.82, 2.24) is 9.38 Å². The second-order valence-electron chi connectivity index (χ2n) is 4.12. The van der Waals surface area contributed by atoms with E-state index in [0.717, 1.165) is 0 Å². The lowest BCUT2D eigenvalue weighted by Gasteiger charge is -1.98. The standard InChI is InChI=1S/C14H9FN2O2/c15-11-4-5-17-8-12(16-13(17)7-11)9-2-1-3-10(6-9)14(18)19/h1-8H,(H,18,19). The zero-order valence-electron chi connectivity index (χ0n) is 9.75. The van der Waals surface area contributed by atoms with Gasteiger partial charge in [-0.15, -0.1) is 0 Å². The largest absolute Gasteiger partial charge is 0.478 e. The van der Waals surface area contributed by atoms with Gasteiger partial charge in [0.25, 0.3) is 0 Å². The topological polar surface area (TPSA) is 54.6 Å². The van der Waals surface area contributed by atoms with Crippen LogP contribution in [0, 0.1) is 5.82 Å². The van der Waals surface area contributed by atoms with Crippen LogP contribution in [0.3, 0.4) is 0 Å². The Morgan fingerprint density at radius 1 is 1.26 bits per heavy atom. The molecule has 2 aromatic heterocycles. The fourth-order valence-corrected chi connectivity index (χ4v) is 1.91. The molecule has 1 N–H and O–H groups in total. The third-order valence-electron chi connectivity index (χ3n) is 2.83. The van der Waals surface area contributed by atoms with Crippen molar-refractivity contribution in [3.05, 3.63) is 60.2 Å². The Bertz CT molecular complexity index is 780. The van der Waals surface area contributed by atoms with Crippen molar-refractivity contribution in [2.24, 2.45) is 0 Å². The maximum Gasteiger partial charge on any atom is 0.335 e. The molecule has 0 atom stereocenters. The third kappa shape index (κ3) is 2.06. The lowest BCUT2D eigenvalue weighted by atomic mass is 10.1. The Kier molecular flexibility index (Phi) is 2.52. The molecule has 0 aliphatic carbocycles. The van der Waals surface area contributed by atoms with E-state index in [-0.39, 0.29) is 11.4 Å². The zero-order chi connectivity index (χ0) is 13.4. The number of halogens is 1. The summed E-state index contributed by atoms with van der Waals surface area (Å²) in [5.74, 6) is -1.35. The molecule has 1 aromatic carbocycles. The number of carbonyl (C=O) groups is 1. The lowest BCUT2D eigenvalue weighted by molar-refractivity contribution is 0.0697. The molecule has 4 nitrogen and oxygen atoms in total. The number of aromatic carboxylic acids is 1. The van der Waals surface area contributed by atoms with Crippen molar-refractivity contribution in [3.63, 3.8) is 0 Å². The Hall–Kier alpha value is -2.69. The Morgan fingerprint density at radius 2 is 2.11 bits per heavy atom. The van der Waals surface area contributed by atoms with Crippen LogP contribution in [0.25, 0.3) is 16.9 Å². The van der Waals surface area contributed by atoms with Gasteiger partial charge in [0.1, 0.15) is 11.5 Å². The van der Waals surface area contributed by atoms with Crippen molar-refractivity contribution < 1.29 is 14.3 Å². The van der Waals surface area contributed by atoms with Gasteiger partial charge in [0.2, 0.25) is 0 Å². The summed E-state index contributed by atoms with van der Waals surface area (Å²) in [6.45, 7) is 0. The number of pyridine rings is 1. The molecule has 0 saturated heterocycles. The molecule has 0 bridgehead atoms. The fourth-order valence-electron chi connectivity index (χ4n) is 1.91. The van der Waals surface area contributed by atoms with Crippen LogP contribution < -0.4 is 0 Å². The van der Waals surface area contributed by atoms with Crippen molar-refractivity contribution in [2.75, 3.05) is 0 Å². The number of fused-ring (bicyclic) bond motifs is 1. The van der Waals surface area contributed by atoms with Gasteiger partial charge in [-0.05, 0) is 18.2 Å². The van der Waals surface area contributed by atoms with E-state index in [1.54, 1.807) is 35.0 Å². The van der Waals surface area contributed by atoms with Crippen LogP contribution in [-0.2, 0) is 0 Å². The van der Waals surface area contributed by atoms with Gasteiger partial charge < -0.3 is 9.51 Å². The molecule has 0 saturated carbocycles. The Morgan fingerprint density at radius 3 is 2.89 bits per heavy atom. The van der Waals surface area contributed by atoms with Gasteiger partial charge in [-0.3, -0.25) is 0 Å². The van der Waals surface area contributed by atoms with Crippen molar-refractivity contribution >= 4 is 11.6 Å². The number of carboxylic acid groups (broad SMARTS) is 1. The molecule has 0 spiro atoms. The first-order chi connectivity index (χ1) is 9.13. The Balaban J connectivity index is 2.13. The molecule has 0 amide bonds. The quantitative estimate of drug-likeness (QED) is 0.767. The average molecular weight is 256 g/mol. The zero-order valence-corrected chi connectivity index (χ0v) is 9.75. The minimum atomic E-state index is -0.989. The van der Waals surface area contributed by atoms with Crippen LogP contribution >= 0.6 is 0 Å². The first-order valence-electron chi connectivity index (χ1n) is 5.61. The first-order valence-corrected chi connectivity index (χ1v) is 5.61. The highest BCUT2D eigenvalue weighted by atomic mass is 19.1. The number of hydrogen-bond acceptors (Lipinski definition) is 2. The highest BCUT2D eigenvalue weighted by Gasteiger charge is 2.08. The molecule has 5 heteroatoms. The maximum atomic E-state index is 13.1. The predicted octanol–water partition coefficient (Wildman–Crippen LogP) is 2.84. The summed E-state index contributed by atoms with van der Waals surface area (Å²) >= 11 is 0. The summed E-state index contributed by atoms with van der Waals surface area (Å²) in [4.78, 5) is 15.2. The number of benzene rings is 1. The van der Waals surface area contributed by atoms with Gasteiger partial charge in [0, 0.05) is 24.0 Å². The van der Waals surface area contributed by atoms with Gasteiger partial charge in [0.15, 0.2) is 0 Å². The number of carboxylic acids is 1. The molecular formula is C14H9FN2O2. The van der Waals surface area contributed by atoms with E-state index in [1.165, 1.54) is 18.2 Å². The summed E-state index contributed by atoms with van der Waals surface area (Å²) in [5.41, 5.74) is 1.97. The Labute approximate surface area is 107 Å².